The number of halogens is 2. The predicted octanol–water partition coefficient (Wildman–Crippen LogP) is 3.69. The number of piperidine rings is 1. The van der Waals surface area contributed by atoms with Crippen molar-refractivity contribution in [3.8, 4) is 0 Å². The smallest absolute Gasteiger partial charge is 0.170 e. The minimum atomic E-state index is -0.537. The van der Waals surface area contributed by atoms with Crippen molar-refractivity contribution in [3.63, 3.8) is 0 Å². The van der Waals surface area contributed by atoms with Gasteiger partial charge in [0.2, 0.25) is 0 Å². The second-order valence-corrected chi connectivity index (χ2v) is 6.13. The third kappa shape index (κ3) is 2.98. The number of nitrogens with one attached hydrogen (secondary N) is 1. The molecule has 1 fully saturated rings. The average Bonchev–Trinajstić information content (AvgIpc) is 2.41. The fourth-order valence-corrected chi connectivity index (χ4v) is 2.88. The molecule has 0 bridgehead atoms. The van der Waals surface area contributed by atoms with Gasteiger partial charge in [-0.3, -0.25) is 4.79 Å². The zero-order valence-electron chi connectivity index (χ0n) is 11.3. The standard InChI is InChI=1S/C15H19ClFNO/c1-15(2,10-4-3-7-18-9-10)14(19)12-8-11(17)5-6-13(12)16/h5-6,8,10,18H,3-4,7,9H2,1-2H3. The van der Waals surface area contributed by atoms with Gasteiger partial charge in [0.25, 0.3) is 0 Å². The van der Waals surface area contributed by atoms with Gasteiger partial charge in [0.05, 0.1) is 5.02 Å². The van der Waals surface area contributed by atoms with Crippen LogP contribution in [-0.4, -0.2) is 18.9 Å². The highest BCUT2D eigenvalue weighted by atomic mass is 35.5. The molecule has 1 aromatic carbocycles. The Kier molecular flexibility index (Phi) is 4.26. The van der Waals surface area contributed by atoms with Crippen LogP contribution in [0.3, 0.4) is 0 Å². The summed E-state index contributed by atoms with van der Waals surface area (Å²) in [6.07, 6.45) is 2.08. The molecule has 19 heavy (non-hydrogen) atoms. The molecule has 1 N–H and O–H groups in total. The zero-order chi connectivity index (χ0) is 14.0. The monoisotopic (exact) mass is 283 g/mol. The van der Waals surface area contributed by atoms with E-state index in [4.69, 9.17) is 11.6 Å². The van der Waals surface area contributed by atoms with Crippen LogP contribution in [0.2, 0.25) is 5.02 Å². The van der Waals surface area contributed by atoms with Gasteiger partial charge in [-0.05, 0) is 50.0 Å². The average molecular weight is 284 g/mol. The molecule has 1 unspecified atom stereocenters. The molecule has 0 aliphatic carbocycles. The van der Waals surface area contributed by atoms with Gasteiger partial charge >= 0.3 is 0 Å². The molecular formula is C15H19ClFNO. The van der Waals surface area contributed by atoms with E-state index in [1.807, 2.05) is 13.8 Å². The fraction of sp³-hybridized carbons (Fsp3) is 0.533. The molecule has 2 nitrogen and oxygen atoms in total. The van der Waals surface area contributed by atoms with Crippen molar-refractivity contribution in [1.82, 2.24) is 5.32 Å². The van der Waals surface area contributed by atoms with Crippen molar-refractivity contribution in [1.29, 1.82) is 0 Å². The van der Waals surface area contributed by atoms with Crippen LogP contribution in [0.25, 0.3) is 0 Å². The van der Waals surface area contributed by atoms with Crippen molar-refractivity contribution < 1.29 is 9.18 Å². The van der Waals surface area contributed by atoms with Crippen molar-refractivity contribution in [2.24, 2.45) is 11.3 Å². The first-order chi connectivity index (χ1) is 8.93. The van der Waals surface area contributed by atoms with Crippen molar-refractivity contribution >= 4 is 17.4 Å². The van der Waals surface area contributed by atoms with Gasteiger partial charge in [0.1, 0.15) is 5.82 Å². The Morgan fingerprint density at radius 1 is 1.47 bits per heavy atom. The fourth-order valence-electron chi connectivity index (χ4n) is 2.67. The largest absolute Gasteiger partial charge is 0.316 e. The van der Waals surface area contributed by atoms with E-state index in [1.165, 1.54) is 18.2 Å². The SMILES string of the molecule is CC(C)(C(=O)c1cc(F)ccc1Cl)C1CCCNC1. The minimum absolute atomic E-state index is 0.0781. The van der Waals surface area contributed by atoms with Gasteiger partial charge in [0.15, 0.2) is 5.78 Å². The maximum atomic E-state index is 13.3. The van der Waals surface area contributed by atoms with Crippen LogP contribution in [0.4, 0.5) is 4.39 Å². The van der Waals surface area contributed by atoms with Crippen molar-refractivity contribution in [2.45, 2.75) is 26.7 Å². The Balaban J connectivity index is 2.28. The topological polar surface area (TPSA) is 29.1 Å². The first kappa shape index (κ1) is 14.5. The quantitative estimate of drug-likeness (QED) is 0.857. The maximum absolute atomic E-state index is 13.3. The molecule has 0 radical (unpaired) electrons. The second kappa shape index (κ2) is 5.59. The summed E-state index contributed by atoms with van der Waals surface area (Å²) < 4.78 is 13.3. The van der Waals surface area contributed by atoms with Gasteiger partial charge in [0, 0.05) is 11.0 Å². The molecule has 1 saturated heterocycles. The molecule has 104 valence electrons. The molecule has 0 amide bonds. The number of hydrogen-bond acceptors (Lipinski definition) is 2. The van der Waals surface area contributed by atoms with Crippen LogP contribution in [0.15, 0.2) is 18.2 Å². The van der Waals surface area contributed by atoms with Gasteiger partial charge in [-0.2, -0.15) is 0 Å². The van der Waals surface area contributed by atoms with E-state index in [1.54, 1.807) is 0 Å². The number of carbonyl (C=O) groups is 1. The number of Topliss-reactive ketones (excluding diaryl/α,β-unsaturated/α-hetero) is 1. The van der Waals surface area contributed by atoms with E-state index in [2.05, 4.69) is 5.32 Å². The third-order valence-electron chi connectivity index (χ3n) is 4.08. The lowest BCUT2D eigenvalue weighted by Crippen LogP contribution is -2.42. The second-order valence-electron chi connectivity index (χ2n) is 5.72. The van der Waals surface area contributed by atoms with Gasteiger partial charge in [-0.25, -0.2) is 4.39 Å². The molecule has 0 spiro atoms. The summed E-state index contributed by atoms with van der Waals surface area (Å²) in [5.74, 6) is -0.246. The Labute approximate surface area is 118 Å². The molecule has 1 aliphatic rings. The van der Waals surface area contributed by atoms with E-state index in [0.29, 0.717) is 5.02 Å². The minimum Gasteiger partial charge on any atom is -0.316 e. The molecule has 1 aliphatic heterocycles. The zero-order valence-corrected chi connectivity index (χ0v) is 12.1. The molecule has 2 rings (SSSR count). The lowest BCUT2D eigenvalue weighted by atomic mass is 9.70. The van der Waals surface area contributed by atoms with Crippen LogP contribution < -0.4 is 5.32 Å². The summed E-state index contributed by atoms with van der Waals surface area (Å²) >= 11 is 6.03. The van der Waals surface area contributed by atoms with Gasteiger partial charge in [-0.1, -0.05) is 25.4 Å². The highest BCUT2D eigenvalue weighted by Gasteiger charge is 2.38. The maximum Gasteiger partial charge on any atom is 0.170 e. The Morgan fingerprint density at radius 3 is 2.84 bits per heavy atom. The first-order valence-corrected chi connectivity index (χ1v) is 7.01. The summed E-state index contributed by atoms with van der Waals surface area (Å²) in [6.45, 7) is 5.68. The van der Waals surface area contributed by atoms with E-state index < -0.39 is 11.2 Å². The van der Waals surface area contributed by atoms with Crippen LogP contribution in [0, 0.1) is 17.2 Å². The van der Waals surface area contributed by atoms with E-state index in [9.17, 15) is 9.18 Å². The summed E-state index contributed by atoms with van der Waals surface area (Å²) in [6, 6.07) is 3.95. The van der Waals surface area contributed by atoms with Crippen LogP contribution in [0.1, 0.15) is 37.0 Å². The van der Waals surface area contributed by atoms with E-state index in [0.717, 1.165) is 25.9 Å². The normalized spacial score (nSPS) is 20.3. The lowest BCUT2D eigenvalue weighted by Gasteiger charge is -2.36. The predicted molar refractivity (Wildman–Crippen MR) is 75.1 cm³/mol. The third-order valence-corrected chi connectivity index (χ3v) is 4.41. The molecule has 1 atom stereocenters. The van der Waals surface area contributed by atoms with Gasteiger partial charge < -0.3 is 5.32 Å². The number of hydrogen-bond donors (Lipinski definition) is 1. The molecule has 0 aromatic heterocycles. The summed E-state index contributed by atoms with van der Waals surface area (Å²) in [7, 11) is 0. The van der Waals surface area contributed by atoms with Crippen LogP contribution >= 0.6 is 11.6 Å². The Morgan fingerprint density at radius 2 is 2.21 bits per heavy atom. The van der Waals surface area contributed by atoms with Gasteiger partial charge in [-0.15, -0.1) is 0 Å². The molecule has 0 saturated carbocycles. The molecule has 1 heterocycles. The van der Waals surface area contributed by atoms with Crippen LogP contribution in [0.5, 0.6) is 0 Å². The van der Waals surface area contributed by atoms with Crippen LogP contribution in [-0.2, 0) is 0 Å². The highest BCUT2D eigenvalue weighted by molar-refractivity contribution is 6.34. The van der Waals surface area contributed by atoms with E-state index in [-0.39, 0.29) is 17.3 Å². The molecular weight excluding hydrogens is 265 g/mol. The summed E-state index contributed by atoms with van der Waals surface area (Å²) in [5, 5.41) is 3.64. The first-order valence-electron chi connectivity index (χ1n) is 6.63. The lowest BCUT2D eigenvalue weighted by molar-refractivity contribution is 0.0708. The van der Waals surface area contributed by atoms with Crippen molar-refractivity contribution in [2.75, 3.05) is 13.1 Å². The highest BCUT2D eigenvalue weighted by Crippen LogP contribution is 2.36. The van der Waals surface area contributed by atoms with E-state index >= 15 is 0 Å². The number of carbonyl (C=O) groups excluding carboxylic acids is 1. The van der Waals surface area contributed by atoms with Crippen molar-refractivity contribution in [3.05, 3.63) is 34.6 Å². The molecule has 4 heteroatoms. The Bertz CT molecular complexity index is 481. The Hall–Kier alpha value is -0.930. The molecule has 1 aromatic rings. The summed E-state index contributed by atoms with van der Waals surface area (Å²) in [5.41, 5.74) is -0.248. The summed E-state index contributed by atoms with van der Waals surface area (Å²) in [4.78, 5) is 12.7. The number of benzene rings is 1. The number of ketones is 1. The number of rotatable bonds is 3.